The van der Waals surface area contributed by atoms with E-state index in [1.165, 1.54) is 0 Å². The van der Waals surface area contributed by atoms with Crippen LogP contribution in [0.15, 0.2) is 18.2 Å². The molecular formula is C17H21ClN2O3. The van der Waals surface area contributed by atoms with Gasteiger partial charge in [-0.3, -0.25) is 9.59 Å². The molecular weight excluding hydrogens is 316 g/mol. The number of nitrogens with zero attached hydrogens (tertiary/aromatic N) is 2. The predicted molar refractivity (Wildman–Crippen MR) is 87.6 cm³/mol. The first-order chi connectivity index (χ1) is 11.0. The van der Waals surface area contributed by atoms with Crippen LogP contribution in [0.3, 0.4) is 0 Å². The minimum atomic E-state index is -0.0488. The van der Waals surface area contributed by atoms with Gasteiger partial charge < -0.3 is 14.5 Å². The average molecular weight is 337 g/mol. The summed E-state index contributed by atoms with van der Waals surface area (Å²) in [6.07, 6.45) is 0.788. The highest BCUT2D eigenvalue weighted by atomic mass is 35.5. The van der Waals surface area contributed by atoms with Crippen LogP contribution in [-0.2, 0) is 9.53 Å². The molecule has 2 amide bonds. The van der Waals surface area contributed by atoms with Gasteiger partial charge in [-0.05, 0) is 37.1 Å². The fourth-order valence-electron chi connectivity index (χ4n) is 3.41. The Morgan fingerprint density at radius 3 is 2.78 bits per heavy atom. The summed E-state index contributed by atoms with van der Waals surface area (Å²) >= 11 is 6.03. The standard InChI is InChI=1S/C17H21ClN2O3/c1-11-9-13(3-4-14(11)18)17(22)19-6-5-16-15(10-19)20(12(2)21)7-8-23-16/h3-4,9,15-16H,5-8,10H2,1-2H3. The van der Waals surface area contributed by atoms with E-state index in [9.17, 15) is 9.59 Å². The zero-order chi connectivity index (χ0) is 16.6. The molecule has 0 N–H and O–H groups in total. The molecule has 2 unspecified atom stereocenters. The number of benzene rings is 1. The van der Waals surface area contributed by atoms with Gasteiger partial charge in [0.25, 0.3) is 5.91 Å². The molecule has 0 aromatic heterocycles. The maximum atomic E-state index is 12.8. The molecule has 0 aliphatic carbocycles. The molecule has 2 heterocycles. The van der Waals surface area contributed by atoms with Crippen LogP contribution in [0, 0.1) is 6.92 Å². The van der Waals surface area contributed by atoms with Gasteiger partial charge in [-0.25, -0.2) is 0 Å². The molecule has 0 saturated carbocycles. The Balaban J connectivity index is 1.77. The van der Waals surface area contributed by atoms with Crippen molar-refractivity contribution in [3.05, 3.63) is 34.3 Å². The Bertz CT molecular complexity index is 634. The highest BCUT2D eigenvalue weighted by Crippen LogP contribution is 2.25. The normalized spacial score (nSPS) is 24.3. The number of aryl methyl sites for hydroxylation is 1. The summed E-state index contributed by atoms with van der Waals surface area (Å²) < 4.78 is 5.78. The summed E-state index contributed by atoms with van der Waals surface area (Å²) in [5.74, 6) is 0.0252. The van der Waals surface area contributed by atoms with Crippen molar-refractivity contribution in [2.45, 2.75) is 32.4 Å². The molecule has 2 saturated heterocycles. The smallest absolute Gasteiger partial charge is 0.253 e. The number of fused-ring (bicyclic) bond motifs is 1. The molecule has 124 valence electrons. The van der Waals surface area contributed by atoms with Crippen LogP contribution in [-0.4, -0.2) is 60.0 Å². The Morgan fingerprint density at radius 1 is 1.30 bits per heavy atom. The first kappa shape index (κ1) is 16.3. The summed E-state index contributed by atoms with van der Waals surface area (Å²) in [5.41, 5.74) is 1.52. The molecule has 2 aliphatic heterocycles. The van der Waals surface area contributed by atoms with E-state index >= 15 is 0 Å². The quantitative estimate of drug-likeness (QED) is 0.789. The number of carbonyl (C=O) groups is 2. The van der Waals surface area contributed by atoms with Gasteiger partial charge in [0.15, 0.2) is 0 Å². The van der Waals surface area contributed by atoms with Crippen LogP contribution < -0.4 is 0 Å². The van der Waals surface area contributed by atoms with Gasteiger partial charge in [0, 0.05) is 37.1 Å². The molecule has 5 nitrogen and oxygen atoms in total. The summed E-state index contributed by atoms with van der Waals surface area (Å²) in [6.45, 7) is 5.80. The minimum Gasteiger partial charge on any atom is -0.374 e. The molecule has 6 heteroatoms. The number of rotatable bonds is 1. The Morgan fingerprint density at radius 2 is 2.09 bits per heavy atom. The maximum Gasteiger partial charge on any atom is 0.253 e. The predicted octanol–water partition coefficient (Wildman–Crippen LogP) is 2.11. The van der Waals surface area contributed by atoms with Crippen molar-refractivity contribution in [2.75, 3.05) is 26.2 Å². The molecule has 2 fully saturated rings. The first-order valence-electron chi connectivity index (χ1n) is 7.91. The summed E-state index contributed by atoms with van der Waals surface area (Å²) in [6, 6.07) is 5.27. The fourth-order valence-corrected chi connectivity index (χ4v) is 3.53. The Hall–Kier alpha value is -1.59. The molecule has 2 atom stereocenters. The summed E-state index contributed by atoms with van der Waals surface area (Å²) in [4.78, 5) is 28.2. The van der Waals surface area contributed by atoms with E-state index in [0.29, 0.717) is 36.8 Å². The monoisotopic (exact) mass is 336 g/mol. The zero-order valence-corrected chi connectivity index (χ0v) is 14.2. The van der Waals surface area contributed by atoms with Crippen molar-refractivity contribution in [3.8, 4) is 0 Å². The van der Waals surface area contributed by atoms with E-state index in [1.807, 2.05) is 22.8 Å². The van der Waals surface area contributed by atoms with Crippen molar-refractivity contribution in [1.82, 2.24) is 9.80 Å². The van der Waals surface area contributed by atoms with E-state index < -0.39 is 0 Å². The van der Waals surface area contributed by atoms with Gasteiger partial charge in [0.05, 0.1) is 18.8 Å². The average Bonchev–Trinajstić information content (AvgIpc) is 2.55. The zero-order valence-electron chi connectivity index (χ0n) is 13.4. The van der Waals surface area contributed by atoms with Gasteiger partial charge in [0.1, 0.15) is 0 Å². The molecule has 2 aliphatic rings. The number of morpholine rings is 1. The lowest BCUT2D eigenvalue weighted by atomic mass is 9.97. The molecule has 1 aromatic rings. The highest BCUT2D eigenvalue weighted by molar-refractivity contribution is 6.31. The fraction of sp³-hybridized carbons (Fsp3) is 0.529. The molecule has 0 spiro atoms. The Labute approximate surface area is 141 Å². The third kappa shape index (κ3) is 3.21. The van der Waals surface area contributed by atoms with Crippen molar-refractivity contribution in [3.63, 3.8) is 0 Å². The molecule has 0 bridgehead atoms. The number of halogens is 1. The number of likely N-dealkylation sites (tertiary alicyclic amines) is 1. The largest absolute Gasteiger partial charge is 0.374 e. The topological polar surface area (TPSA) is 49.9 Å². The first-order valence-corrected chi connectivity index (χ1v) is 8.29. The summed E-state index contributed by atoms with van der Waals surface area (Å²) in [7, 11) is 0. The van der Waals surface area contributed by atoms with Gasteiger partial charge in [0.2, 0.25) is 5.91 Å². The third-order valence-electron chi connectivity index (χ3n) is 4.68. The lowest BCUT2D eigenvalue weighted by molar-refractivity contribution is -0.149. The number of carbonyl (C=O) groups excluding carboxylic acids is 2. The maximum absolute atomic E-state index is 12.8. The van der Waals surface area contributed by atoms with Crippen LogP contribution in [0.1, 0.15) is 29.3 Å². The highest BCUT2D eigenvalue weighted by Gasteiger charge is 2.39. The minimum absolute atomic E-state index is 0.0164. The van der Waals surface area contributed by atoms with Crippen molar-refractivity contribution >= 4 is 23.4 Å². The van der Waals surface area contributed by atoms with Crippen LogP contribution in [0.2, 0.25) is 5.02 Å². The lowest BCUT2D eigenvalue weighted by Gasteiger charge is -2.46. The van der Waals surface area contributed by atoms with Crippen LogP contribution >= 0.6 is 11.6 Å². The number of piperidine rings is 1. The van der Waals surface area contributed by atoms with Crippen molar-refractivity contribution in [1.29, 1.82) is 0 Å². The Kier molecular flexibility index (Phi) is 4.60. The van der Waals surface area contributed by atoms with Crippen LogP contribution in [0.5, 0.6) is 0 Å². The van der Waals surface area contributed by atoms with E-state index in [4.69, 9.17) is 16.3 Å². The second-order valence-electron chi connectivity index (χ2n) is 6.19. The molecule has 1 aromatic carbocycles. The number of ether oxygens (including phenoxy) is 1. The number of hydrogen-bond acceptors (Lipinski definition) is 3. The van der Waals surface area contributed by atoms with Gasteiger partial charge in [-0.2, -0.15) is 0 Å². The SMILES string of the molecule is CC(=O)N1CCOC2CCN(C(=O)c3ccc(Cl)c(C)c3)CC21. The number of hydrogen-bond donors (Lipinski definition) is 0. The lowest BCUT2D eigenvalue weighted by Crippen LogP contribution is -2.61. The van der Waals surface area contributed by atoms with E-state index in [-0.39, 0.29) is 24.0 Å². The second-order valence-corrected chi connectivity index (χ2v) is 6.60. The molecule has 0 radical (unpaired) electrons. The molecule has 23 heavy (non-hydrogen) atoms. The van der Waals surface area contributed by atoms with E-state index in [2.05, 4.69) is 0 Å². The number of amides is 2. The van der Waals surface area contributed by atoms with Crippen molar-refractivity contribution in [2.24, 2.45) is 0 Å². The van der Waals surface area contributed by atoms with Gasteiger partial charge in [-0.1, -0.05) is 11.6 Å². The third-order valence-corrected chi connectivity index (χ3v) is 5.11. The van der Waals surface area contributed by atoms with Gasteiger partial charge in [-0.15, -0.1) is 0 Å². The van der Waals surface area contributed by atoms with E-state index in [0.717, 1.165) is 12.0 Å². The second kappa shape index (κ2) is 6.49. The molecule has 3 rings (SSSR count). The van der Waals surface area contributed by atoms with Crippen LogP contribution in [0.4, 0.5) is 0 Å². The summed E-state index contributed by atoms with van der Waals surface area (Å²) in [5, 5.41) is 0.656. The van der Waals surface area contributed by atoms with Gasteiger partial charge >= 0.3 is 0 Å². The van der Waals surface area contributed by atoms with E-state index in [1.54, 1.807) is 19.1 Å². The van der Waals surface area contributed by atoms with Crippen molar-refractivity contribution < 1.29 is 14.3 Å². The van der Waals surface area contributed by atoms with Crippen LogP contribution in [0.25, 0.3) is 0 Å².